The van der Waals surface area contributed by atoms with E-state index in [4.69, 9.17) is 9.47 Å². The molecular formula is C20H32O4. The summed E-state index contributed by atoms with van der Waals surface area (Å²) in [7, 11) is 0. The molecular weight excluding hydrogens is 304 g/mol. The fraction of sp³-hybridized carbons (Fsp3) is 0.700. The lowest BCUT2D eigenvalue weighted by Gasteiger charge is -2.37. The van der Waals surface area contributed by atoms with Crippen molar-refractivity contribution < 1.29 is 19.7 Å². The second-order valence-electron chi connectivity index (χ2n) is 6.71. The van der Waals surface area contributed by atoms with E-state index in [-0.39, 0.29) is 18.8 Å². The molecule has 0 bridgehead atoms. The van der Waals surface area contributed by atoms with Gasteiger partial charge in [0.25, 0.3) is 0 Å². The van der Waals surface area contributed by atoms with E-state index in [0.717, 1.165) is 25.0 Å². The van der Waals surface area contributed by atoms with Crippen molar-refractivity contribution >= 4 is 0 Å². The zero-order chi connectivity index (χ0) is 17.2. The molecule has 1 saturated heterocycles. The largest absolute Gasteiger partial charge is 0.488 e. The van der Waals surface area contributed by atoms with Crippen molar-refractivity contribution in [2.75, 3.05) is 6.61 Å². The van der Waals surface area contributed by atoms with Crippen LogP contribution in [0, 0.1) is 0 Å². The van der Waals surface area contributed by atoms with Crippen molar-refractivity contribution in [3.8, 4) is 5.75 Å². The molecule has 4 nitrogen and oxygen atoms in total. The lowest BCUT2D eigenvalue weighted by Crippen LogP contribution is -2.47. The lowest BCUT2D eigenvalue weighted by atomic mass is 9.95. The standard InChI is InChI=1S/C20H32O4/c1-2-3-4-5-9-12-18(23-16-10-7-6-8-11-16)19-14-13-17(22)20(15-21)24-19/h6-8,10-11,17-22H,2-5,9,12-15H2,1H3/t17-,18?,19-,20+/m0/s1. The summed E-state index contributed by atoms with van der Waals surface area (Å²) in [6.07, 6.45) is 7.30. The Balaban J connectivity index is 1.93. The van der Waals surface area contributed by atoms with Gasteiger partial charge in [-0.15, -0.1) is 0 Å². The first-order valence-electron chi connectivity index (χ1n) is 9.40. The molecule has 1 heterocycles. The Morgan fingerprint density at radius 1 is 1.12 bits per heavy atom. The highest BCUT2D eigenvalue weighted by molar-refractivity contribution is 5.21. The molecule has 2 rings (SSSR count). The van der Waals surface area contributed by atoms with Crippen molar-refractivity contribution in [1.82, 2.24) is 0 Å². The normalized spacial score (nSPS) is 25.4. The molecule has 1 unspecified atom stereocenters. The fourth-order valence-corrected chi connectivity index (χ4v) is 3.29. The van der Waals surface area contributed by atoms with E-state index in [9.17, 15) is 10.2 Å². The first-order chi connectivity index (χ1) is 11.7. The van der Waals surface area contributed by atoms with Gasteiger partial charge in [0.05, 0.1) is 18.8 Å². The van der Waals surface area contributed by atoms with Gasteiger partial charge in [0, 0.05) is 0 Å². The zero-order valence-electron chi connectivity index (χ0n) is 14.8. The Hall–Kier alpha value is -1.10. The highest BCUT2D eigenvalue weighted by Crippen LogP contribution is 2.27. The average molecular weight is 336 g/mol. The third-order valence-electron chi connectivity index (χ3n) is 4.74. The van der Waals surface area contributed by atoms with Gasteiger partial charge in [-0.25, -0.2) is 0 Å². The van der Waals surface area contributed by atoms with Gasteiger partial charge in [0.2, 0.25) is 0 Å². The first-order valence-corrected chi connectivity index (χ1v) is 9.40. The monoisotopic (exact) mass is 336 g/mol. The van der Waals surface area contributed by atoms with Gasteiger partial charge in [-0.2, -0.15) is 0 Å². The Morgan fingerprint density at radius 2 is 1.88 bits per heavy atom. The number of aliphatic hydroxyl groups is 2. The summed E-state index contributed by atoms with van der Waals surface area (Å²) in [6, 6.07) is 9.84. The summed E-state index contributed by atoms with van der Waals surface area (Å²) < 4.78 is 12.1. The summed E-state index contributed by atoms with van der Waals surface area (Å²) in [5.74, 6) is 0.853. The first kappa shape index (κ1) is 19.2. The summed E-state index contributed by atoms with van der Waals surface area (Å²) >= 11 is 0. The van der Waals surface area contributed by atoms with Gasteiger partial charge in [-0.1, -0.05) is 50.8 Å². The molecule has 4 heteroatoms. The topological polar surface area (TPSA) is 58.9 Å². The van der Waals surface area contributed by atoms with E-state index >= 15 is 0 Å². The second kappa shape index (κ2) is 10.7. The SMILES string of the molecule is CCCCCCCC(Oc1ccccc1)[C@@H]1CC[C@H](O)[C@@H](CO)O1. The predicted octanol–water partition coefficient (Wildman–Crippen LogP) is 3.70. The van der Waals surface area contributed by atoms with E-state index in [1.807, 2.05) is 30.3 Å². The third-order valence-corrected chi connectivity index (χ3v) is 4.74. The van der Waals surface area contributed by atoms with Gasteiger partial charge in [0.15, 0.2) is 0 Å². The number of ether oxygens (including phenoxy) is 2. The van der Waals surface area contributed by atoms with Crippen molar-refractivity contribution in [2.45, 2.75) is 82.7 Å². The maximum atomic E-state index is 9.91. The average Bonchev–Trinajstić information content (AvgIpc) is 2.62. The van der Waals surface area contributed by atoms with E-state index in [1.54, 1.807) is 0 Å². The summed E-state index contributed by atoms with van der Waals surface area (Å²) in [5, 5.41) is 19.3. The van der Waals surface area contributed by atoms with Crippen LogP contribution in [0.15, 0.2) is 30.3 Å². The molecule has 24 heavy (non-hydrogen) atoms. The Morgan fingerprint density at radius 3 is 2.58 bits per heavy atom. The molecule has 1 aliphatic rings. The maximum Gasteiger partial charge on any atom is 0.125 e. The molecule has 0 aromatic heterocycles. The number of unbranched alkanes of at least 4 members (excludes halogenated alkanes) is 4. The molecule has 4 atom stereocenters. The molecule has 1 fully saturated rings. The van der Waals surface area contributed by atoms with Crippen LogP contribution in [-0.2, 0) is 4.74 Å². The van der Waals surface area contributed by atoms with Gasteiger partial charge in [0.1, 0.15) is 18.0 Å². The number of rotatable bonds is 10. The molecule has 1 aliphatic heterocycles. The van der Waals surface area contributed by atoms with E-state index < -0.39 is 12.2 Å². The molecule has 0 spiro atoms. The molecule has 1 aromatic rings. The van der Waals surface area contributed by atoms with E-state index in [0.29, 0.717) is 6.42 Å². The highest BCUT2D eigenvalue weighted by atomic mass is 16.6. The second-order valence-corrected chi connectivity index (χ2v) is 6.71. The van der Waals surface area contributed by atoms with Crippen molar-refractivity contribution in [3.05, 3.63) is 30.3 Å². The molecule has 0 aliphatic carbocycles. The van der Waals surface area contributed by atoms with Gasteiger partial charge in [-0.3, -0.25) is 0 Å². The van der Waals surface area contributed by atoms with Crippen LogP contribution >= 0.6 is 0 Å². The fourth-order valence-electron chi connectivity index (χ4n) is 3.29. The number of para-hydroxylation sites is 1. The minimum Gasteiger partial charge on any atom is -0.488 e. The van der Waals surface area contributed by atoms with Crippen LogP contribution in [0.5, 0.6) is 5.75 Å². The van der Waals surface area contributed by atoms with Crippen LogP contribution in [0.4, 0.5) is 0 Å². The molecule has 136 valence electrons. The maximum absolute atomic E-state index is 9.91. The zero-order valence-corrected chi connectivity index (χ0v) is 14.8. The third kappa shape index (κ3) is 6.08. The van der Waals surface area contributed by atoms with Crippen LogP contribution in [0.3, 0.4) is 0 Å². The van der Waals surface area contributed by atoms with Crippen molar-refractivity contribution in [1.29, 1.82) is 0 Å². The van der Waals surface area contributed by atoms with E-state index in [1.165, 1.54) is 25.7 Å². The molecule has 1 aromatic carbocycles. The van der Waals surface area contributed by atoms with Gasteiger partial charge >= 0.3 is 0 Å². The molecule has 0 amide bonds. The summed E-state index contributed by atoms with van der Waals surface area (Å²) in [6.45, 7) is 2.07. The quantitative estimate of drug-likeness (QED) is 0.640. The highest BCUT2D eigenvalue weighted by Gasteiger charge is 2.34. The minimum absolute atomic E-state index is 0.0319. The van der Waals surface area contributed by atoms with Crippen LogP contribution < -0.4 is 4.74 Å². The van der Waals surface area contributed by atoms with Crippen molar-refractivity contribution in [3.63, 3.8) is 0 Å². The predicted molar refractivity (Wildman–Crippen MR) is 95.2 cm³/mol. The Kier molecular flexibility index (Phi) is 8.57. The van der Waals surface area contributed by atoms with Crippen LogP contribution in [0.25, 0.3) is 0 Å². The number of hydrogen-bond acceptors (Lipinski definition) is 4. The molecule has 0 saturated carbocycles. The van der Waals surface area contributed by atoms with Gasteiger partial charge in [-0.05, 0) is 37.8 Å². The minimum atomic E-state index is -0.576. The summed E-state index contributed by atoms with van der Waals surface area (Å²) in [4.78, 5) is 0. The Labute approximate surface area is 145 Å². The smallest absolute Gasteiger partial charge is 0.125 e. The lowest BCUT2D eigenvalue weighted by molar-refractivity contribution is -0.160. The van der Waals surface area contributed by atoms with Crippen LogP contribution in [-0.4, -0.2) is 41.2 Å². The van der Waals surface area contributed by atoms with Crippen LogP contribution in [0.2, 0.25) is 0 Å². The Bertz CT molecular complexity index is 437. The van der Waals surface area contributed by atoms with Crippen LogP contribution in [0.1, 0.15) is 58.3 Å². The molecule has 2 N–H and O–H groups in total. The molecule has 0 radical (unpaired) electrons. The number of benzene rings is 1. The van der Waals surface area contributed by atoms with Gasteiger partial charge < -0.3 is 19.7 Å². The summed E-state index contributed by atoms with van der Waals surface area (Å²) in [5.41, 5.74) is 0. The number of aliphatic hydroxyl groups excluding tert-OH is 2. The van der Waals surface area contributed by atoms with E-state index in [2.05, 4.69) is 6.92 Å². The number of hydrogen-bond donors (Lipinski definition) is 2. The van der Waals surface area contributed by atoms with Crippen molar-refractivity contribution in [2.24, 2.45) is 0 Å².